The Morgan fingerprint density at radius 1 is 1.08 bits per heavy atom. The maximum Gasteiger partial charge on any atom is 0.321 e. The molecule has 3 aromatic rings. The maximum absolute atomic E-state index is 12.6. The number of likely N-dealkylation sites (tertiary alicyclic amines) is 1. The molecule has 1 spiro atoms. The molecule has 0 unspecified atom stereocenters. The van der Waals surface area contributed by atoms with E-state index >= 15 is 0 Å². The van der Waals surface area contributed by atoms with Crippen molar-refractivity contribution in [1.82, 2.24) is 4.90 Å². The van der Waals surface area contributed by atoms with Gasteiger partial charge in [-0.05, 0) is 31.0 Å². The summed E-state index contributed by atoms with van der Waals surface area (Å²) >= 11 is 0. The minimum absolute atomic E-state index is 0.0424. The Labute approximate surface area is 145 Å². The van der Waals surface area contributed by atoms with Gasteiger partial charge in [0.25, 0.3) is 0 Å². The Hall–Kier alpha value is -2.53. The van der Waals surface area contributed by atoms with E-state index in [0.717, 1.165) is 66.8 Å². The van der Waals surface area contributed by atoms with Crippen LogP contribution in [0.4, 0.5) is 10.5 Å². The second kappa shape index (κ2) is 5.49. The van der Waals surface area contributed by atoms with Gasteiger partial charge in [0.15, 0.2) is 0 Å². The van der Waals surface area contributed by atoms with Crippen molar-refractivity contribution in [3.05, 3.63) is 42.5 Å². The summed E-state index contributed by atoms with van der Waals surface area (Å²) < 4.78 is 11.4. The molecule has 2 amide bonds. The summed E-state index contributed by atoms with van der Waals surface area (Å²) in [5.74, 6) is 0. The lowest BCUT2D eigenvalue weighted by Crippen LogP contribution is -2.35. The molecular weight excluding hydrogens is 316 g/mol. The highest BCUT2D eigenvalue weighted by Gasteiger charge is 2.42. The Morgan fingerprint density at radius 2 is 1.96 bits per heavy atom. The number of rotatable bonds is 1. The van der Waals surface area contributed by atoms with Crippen molar-refractivity contribution >= 4 is 33.7 Å². The second-order valence-electron chi connectivity index (χ2n) is 7.21. The Morgan fingerprint density at radius 3 is 2.84 bits per heavy atom. The molecule has 5 rings (SSSR count). The van der Waals surface area contributed by atoms with E-state index in [9.17, 15) is 4.79 Å². The van der Waals surface area contributed by atoms with E-state index in [4.69, 9.17) is 9.15 Å². The zero-order valence-corrected chi connectivity index (χ0v) is 14.0. The van der Waals surface area contributed by atoms with Gasteiger partial charge in [-0.15, -0.1) is 0 Å². The molecule has 0 bridgehead atoms. The SMILES string of the molecule is O=C(Nc1ccc2c(c1)oc1ccccc12)N1CC[C@@]2(CCOC2)C1. The number of benzene rings is 2. The van der Waals surface area contributed by atoms with Gasteiger partial charge in [-0.2, -0.15) is 0 Å². The highest BCUT2D eigenvalue weighted by molar-refractivity contribution is 6.06. The van der Waals surface area contributed by atoms with E-state index in [-0.39, 0.29) is 11.4 Å². The van der Waals surface area contributed by atoms with E-state index in [1.165, 1.54) is 0 Å². The van der Waals surface area contributed by atoms with Crippen LogP contribution in [0.2, 0.25) is 0 Å². The number of amides is 2. The Balaban J connectivity index is 1.37. The average molecular weight is 336 g/mol. The number of nitrogens with zero attached hydrogens (tertiary/aromatic N) is 1. The van der Waals surface area contributed by atoms with Crippen molar-refractivity contribution in [2.24, 2.45) is 5.41 Å². The predicted molar refractivity (Wildman–Crippen MR) is 96.8 cm³/mol. The number of urea groups is 1. The van der Waals surface area contributed by atoms with Crippen LogP contribution in [0.3, 0.4) is 0 Å². The third kappa shape index (κ3) is 2.46. The van der Waals surface area contributed by atoms with E-state index in [0.29, 0.717) is 0 Å². The van der Waals surface area contributed by atoms with E-state index in [1.54, 1.807) is 0 Å². The number of ether oxygens (including phenoxy) is 1. The van der Waals surface area contributed by atoms with Gasteiger partial charge in [0.2, 0.25) is 0 Å². The number of furan rings is 1. The summed E-state index contributed by atoms with van der Waals surface area (Å²) in [4.78, 5) is 14.5. The molecule has 2 aliphatic heterocycles. The minimum atomic E-state index is -0.0424. The number of nitrogens with one attached hydrogen (secondary N) is 1. The smallest absolute Gasteiger partial charge is 0.321 e. The first-order chi connectivity index (χ1) is 12.2. The molecule has 5 heteroatoms. The lowest BCUT2D eigenvalue weighted by Gasteiger charge is -2.22. The number of para-hydroxylation sites is 1. The summed E-state index contributed by atoms with van der Waals surface area (Å²) in [6.45, 7) is 3.17. The standard InChI is InChI=1S/C20H20N2O3/c23-19(22-9-7-20(12-22)8-10-24-13-20)21-14-5-6-16-15-3-1-2-4-17(15)25-18(16)11-14/h1-6,11H,7-10,12-13H2,(H,21,23)/t20-/m1/s1. The fourth-order valence-electron chi connectivity index (χ4n) is 4.09. The van der Waals surface area contributed by atoms with Crippen molar-refractivity contribution in [3.63, 3.8) is 0 Å². The normalized spacial score (nSPS) is 23.1. The lowest BCUT2D eigenvalue weighted by molar-refractivity contribution is 0.154. The van der Waals surface area contributed by atoms with Crippen molar-refractivity contribution in [3.8, 4) is 0 Å². The summed E-state index contributed by atoms with van der Waals surface area (Å²) in [6, 6.07) is 13.8. The molecule has 3 heterocycles. The van der Waals surface area contributed by atoms with E-state index < -0.39 is 0 Å². The van der Waals surface area contributed by atoms with Gasteiger partial charge in [0, 0.05) is 47.6 Å². The molecule has 5 nitrogen and oxygen atoms in total. The van der Waals surface area contributed by atoms with Gasteiger partial charge in [0.1, 0.15) is 11.2 Å². The number of carbonyl (C=O) groups excluding carboxylic acids is 1. The topological polar surface area (TPSA) is 54.7 Å². The third-order valence-corrected chi connectivity index (χ3v) is 5.54. The first-order valence-corrected chi connectivity index (χ1v) is 8.78. The molecule has 0 aliphatic carbocycles. The predicted octanol–water partition coefficient (Wildman–Crippen LogP) is 4.23. The lowest BCUT2D eigenvalue weighted by atomic mass is 9.87. The van der Waals surface area contributed by atoms with E-state index in [1.807, 2.05) is 47.4 Å². The molecule has 2 saturated heterocycles. The van der Waals surface area contributed by atoms with Gasteiger partial charge in [-0.25, -0.2) is 4.79 Å². The van der Waals surface area contributed by atoms with Gasteiger partial charge < -0.3 is 19.4 Å². The summed E-state index contributed by atoms with van der Waals surface area (Å²) in [6.07, 6.45) is 2.09. The van der Waals surface area contributed by atoms with Gasteiger partial charge in [0.05, 0.1) is 6.61 Å². The Bertz CT molecular complexity index is 956. The molecule has 128 valence electrons. The van der Waals surface area contributed by atoms with Gasteiger partial charge >= 0.3 is 6.03 Å². The monoisotopic (exact) mass is 336 g/mol. The van der Waals surface area contributed by atoms with Crippen LogP contribution in [-0.2, 0) is 4.74 Å². The summed E-state index contributed by atoms with van der Waals surface area (Å²) in [7, 11) is 0. The number of fused-ring (bicyclic) bond motifs is 3. The van der Waals surface area contributed by atoms with E-state index in [2.05, 4.69) is 5.32 Å². The molecule has 1 N–H and O–H groups in total. The van der Waals surface area contributed by atoms with Crippen LogP contribution >= 0.6 is 0 Å². The van der Waals surface area contributed by atoms with Crippen LogP contribution in [-0.4, -0.2) is 37.2 Å². The summed E-state index contributed by atoms with van der Waals surface area (Å²) in [5.41, 5.74) is 2.60. The molecular formula is C20H20N2O3. The molecule has 2 aliphatic rings. The number of hydrogen-bond acceptors (Lipinski definition) is 3. The molecule has 1 atom stereocenters. The quantitative estimate of drug-likeness (QED) is 0.723. The fraction of sp³-hybridized carbons (Fsp3) is 0.350. The minimum Gasteiger partial charge on any atom is -0.456 e. The van der Waals surface area contributed by atoms with Crippen LogP contribution in [0, 0.1) is 5.41 Å². The van der Waals surface area contributed by atoms with Crippen molar-refractivity contribution in [2.45, 2.75) is 12.8 Å². The molecule has 25 heavy (non-hydrogen) atoms. The van der Waals surface area contributed by atoms with Gasteiger partial charge in [-0.3, -0.25) is 0 Å². The zero-order valence-electron chi connectivity index (χ0n) is 14.0. The number of carbonyl (C=O) groups is 1. The Kier molecular flexibility index (Phi) is 3.25. The highest BCUT2D eigenvalue weighted by Crippen LogP contribution is 2.38. The van der Waals surface area contributed by atoms with Crippen LogP contribution < -0.4 is 5.32 Å². The largest absolute Gasteiger partial charge is 0.456 e. The maximum atomic E-state index is 12.6. The van der Waals surface area contributed by atoms with Crippen LogP contribution in [0.15, 0.2) is 46.9 Å². The summed E-state index contributed by atoms with van der Waals surface area (Å²) in [5, 5.41) is 5.17. The van der Waals surface area contributed by atoms with Crippen molar-refractivity contribution in [2.75, 3.05) is 31.6 Å². The van der Waals surface area contributed by atoms with Crippen LogP contribution in [0.5, 0.6) is 0 Å². The third-order valence-electron chi connectivity index (χ3n) is 5.54. The molecule has 2 aromatic carbocycles. The van der Waals surface area contributed by atoms with Crippen LogP contribution in [0.25, 0.3) is 21.9 Å². The number of anilines is 1. The highest BCUT2D eigenvalue weighted by atomic mass is 16.5. The van der Waals surface area contributed by atoms with Crippen LogP contribution in [0.1, 0.15) is 12.8 Å². The van der Waals surface area contributed by atoms with Crippen molar-refractivity contribution in [1.29, 1.82) is 0 Å². The molecule has 2 fully saturated rings. The fourth-order valence-corrected chi connectivity index (χ4v) is 4.09. The average Bonchev–Trinajstić information content (AvgIpc) is 3.34. The molecule has 0 radical (unpaired) electrons. The van der Waals surface area contributed by atoms with Gasteiger partial charge in [-0.1, -0.05) is 18.2 Å². The number of hydrogen-bond donors (Lipinski definition) is 1. The van der Waals surface area contributed by atoms with Crippen molar-refractivity contribution < 1.29 is 13.9 Å². The zero-order chi connectivity index (χ0) is 16.9. The first-order valence-electron chi connectivity index (χ1n) is 8.78. The molecule has 0 saturated carbocycles. The first kappa shape index (κ1) is 14.8. The molecule has 1 aromatic heterocycles. The second-order valence-corrected chi connectivity index (χ2v) is 7.21.